The van der Waals surface area contributed by atoms with Crippen LogP contribution in [0.15, 0.2) is 48.8 Å². The normalized spacial score (nSPS) is 11.0. The lowest BCUT2D eigenvalue weighted by atomic mass is 10.1. The molecule has 0 fully saturated rings. The molecule has 0 spiro atoms. The Morgan fingerprint density at radius 3 is 2.71 bits per heavy atom. The van der Waals surface area contributed by atoms with Gasteiger partial charge in [-0.15, -0.1) is 0 Å². The molecule has 3 rings (SSSR count). The molecule has 24 heavy (non-hydrogen) atoms. The maximum Gasteiger partial charge on any atom is 0.257 e. The molecule has 0 saturated heterocycles. The van der Waals surface area contributed by atoms with Crippen LogP contribution in [-0.2, 0) is 6.54 Å². The first kappa shape index (κ1) is 16.0. The highest BCUT2D eigenvalue weighted by Crippen LogP contribution is 2.18. The van der Waals surface area contributed by atoms with Crippen molar-refractivity contribution in [1.29, 1.82) is 0 Å². The molecule has 1 aromatic carbocycles. The molecule has 2 aromatic heterocycles. The molecular formula is C18H21N5O. The number of benzene rings is 1. The van der Waals surface area contributed by atoms with Crippen LogP contribution in [0.3, 0.4) is 0 Å². The van der Waals surface area contributed by atoms with E-state index in [1.54, 1.807) is 29.0 Å². The van der Waals surface area contributed by atoms with E-state index in [-0.39, 0.29) is 11.9 Å². The Morgan fingerprint density at radius 1 is 1.29 bits per heavy atom. The van der Waals surface area contributed by atoms with Gasteiger partial charge in [0.05, 0.1) is 29.7 Å². The lowest BCUT2D eigenvalue weighted by molar-refractivity contribution is 0.0783. The van der Waals surface area contributed by atoms with E-state index in [0.717, 1.165) is 17.0 Å². The summed E-state index contributed by atoms with van der Waals surface area (Å²) >= 11 is 0. The molecule has 6 nitrogen and oxygen atoms in total. The van der Waals surface area contributed by atoms with E-state index in [4.69, 9.17) is 0 Å². The van der Waals surface area contributed by atoms with Crippen LogP contribution < -0.4 is 0 Å². The molecule has 0 aliphatic rings. The summed E-state index contributed by atoms with van der Waals surface area (Å²) in [6.45, 7) is 4.52. The van der Waals surface area contributed by atoms with Gasteiger partial charge in [-0.2, -0.15) is 10.2 Å². The van der Waals surface area contributed by atoms with Crippen LogP contribution in [0, 0.1) is 0 Å². The molecule has 0 radical (unpaired) electrons. The lowest BCUT2D eigenvalue weighted by Gasteiger charge is -2.14. The maximum absolute atomic E-state index is 12.5. The fourth-order valence-electron chi connectivity index (χ4n) is 2.48. The summed E-state index contributed by atoms with van der Waals surface area (Å²) in [4.78, 5) is 14.2. The van der Waals surface area contributed by atoms with E-state index in [9.17, 15) is 4.79 Å². The zero-order valence-corrected chi connectivity index (χ0v) is 14.1. The van der Waals surface area contributed by atoms with Crippen molar-refractivity contribution in [3.05, 3.63) is 60.0 Å². The van der Waals surface area contributed by atoms with Gasteiger partial charge in [-0.1, -0.05) is 30.3 Å². The van der Waals surface area contributed by atoms with Crippen molar-refractivity contribution in [1.82, 2.24) is 24.9 Å². The summed E-state index contributed by atoms with van der Waals surface area (Å²) < 4.78 is 1.78. The topological polar surface area (TPSA) is 66.8 Å². The minimum Gasteiger partial charge on any atom is -0.336 e. The summed E-state index contributed by atoms with van der Waals surface area (Å²) in [6.07, 6.45) is 3.40. The van der Waals surface area contributed by atoms with Crippen molar-refractivity contribution >= 4 is 5.91 Å². The Kier molecular flexibility index (Phi) is 4.46. The van der Waals surface area contributed by atoms with E-state index in [1.165, 1.54) is 0 Å². The Morgan fingerprint density at radius 2 is 2.04 bits per heavy atom. The highest BCUT2D eigenvalue weighted by Gasteiger charge is 2.16. The molecule has 0 aliphatic heterocycles. The third-order valence-corrected chi connectivity index (χ3v) is 3.83. The molecule has 0 atom stereocenters. The van der Waals surface area contributed by atoms with Gasteiger partial charge in [-0.25, -0.2) is 0 Å². The number of nitrogens with zero attached hydrogens (tertiary/aromatic N) is 4. The standard InChI is InChI=1S/C18H21N5O/c1-13(2)23-11-15(10-19-23)18(24)22(3)12-16-9-17(21-20-16)14-7-5-4-6-8-14/h4-11,13H,12H2,1-3H3,(H,20,21). The minimum absolute atomic E-state index is 0.0576. The molecule has 3 aromatic rings. The number of nitrogens with one attached hydrogen (secondary N) is 1. The predicted octanol–water partition coefficient (Wildman–Crippen LogP) is 3.13. The number of hydrogen-bond donors (Lipinski definition) is 1. The van der Waals surface area contributed by atoms with Gasteiger partial charge in [-0.05, 0) is 19.9 Å². The Hall–Kier alpha value is -2.89. The van der Waals surface area contributed by atoms with Gasteiger partial charge in [0.25, 0.3) is 5.91 Å². The molecule has 1 amide bonds. The quantitative estimate of drug-likeness (QED) is 0.784. The summed E-state index contributed by atoms with van der Waals surface area (Å²) in [6, 6.07) is 12.2. The average molecular weight is 323 g/mol. The summed E-state index contributed by atoms with van der Waals surface area (Å²) in [5.74, 6) is -0.0576. The number of hydrogen-bond acceptors (Lipinski definition) is 3. The first-order chi connectivity index (χ1) is 11.5. The number of rotatable bonds is 5. The smallest absolute Gasteiger partial charge is 0.257 e. The first-order valence-electron chi connectivity index (χ1n) is 7.94. The summed E-state index contributed by atoms with van der Waals surface area (Å²) in [5.41, 5.74) is 3.40. The lowest BCUT2D eigenvalue weighted by Crippen LogP contribution is -2.26. The van der Waals surface area contributed by atoms with E-state index in [2.05, 4.69) is 15.3 Å². The average Bonchev–Trinajstić information content (AvgIpc) is 3.24. The van der Waals surface area contributed by atoms with Gasteiger partial charge in [0.15, 0.2) is 0 Å². The molecule has 0 unspecified atom stereocenters. The number of aromatic amines is 1. The van der Waals surface area contributed by atoms with E-state index >= 15 is 0 Å². The van der Waals surface area contributed by atoms with Crippen LogP contribution >= 0.6 is 0 Å². The largest absolute Gasteiger partial charge is 0.336 e. The van der Waals surface area contributed by atoms with Crippen molar-refractivity contribution in [3.63, 3.8) is 0 Å². The predicted molar refractivity (Wildman–Crippen MR) is 92.4 cm³/mol. The molecule has 6 heteroatoms. The van der Waals surface area contributed by atoms with E-state index in [0.29, 0.717) is 12.1 Å². The highest BCUT2D eigenvalue weighted by atomic mass is 16.2. The van der Waals surface area contributed by atoms with E-state index in [1.807, 2.05) is 50.2 Å². The van der Waals surface area contributed by atoms with Crippen molar-refractivity contribution in [3.8, 4) is 11.3 Å². The van der Waals surface area contributed by atoms with Crippen LogP contribution in [-0.4, -0.2) is 37.8 Å². The van der Waals surface area contributed by atoms with Crippen LogP contribution in [0.5, 0.6) is 0 Å². The SMILES string of the molecule is CC(C)n1cc(C(=O)N(C)Cc2cc(-c3ccccc3)n[nH]2)cn1. The number of amides is 1. The zero-order chi connectivity index (χ0) is 17.1. The van der Waals surface area contributed by atoms with E-state index < -0.39 is 0 Å². The van der Waals surface area contributed by atoms with Gasteiger partial charge in [0.2, 0.25) is 0 Å². The van der Waals surface area contributed by atoms with Gasteiger partial charge < -0.3 is 4.90 Å². The van der Waals surface area contributed by atoms with Crippen molar-refractivity contribution in [2.45, 2.75) is 26.4 Å². The number of carbonyl (C=O) groups is 1. The molecular weight excluding hydrogens is 302 g/mol. The van der Waals surface area contributed by atoms with Crippen LogP contribution in [0.2, 0.25) is 0 Å². The fraction of sp³-hybridized carbons (Fsp3) is 0.278. The molecule has 1 N–H and O–H groups in total. The Balaban J connectivity index is 1.69. The number of carbonyl (C=O) groups excluding carboxylic acids is 1. The second-order valence-corrected chi connectivity index (χ2v) is 6.11. The number of H-pyrrole nitrogens is 1. The van der Waals surface area contributed by atoms with Crippen LogP contribution in [0.4, 0.5) is 0 Å². The molecule has 0 saturated carbocycles. The summed E-state index contributed by atoms with van der Waals surface area (Å²) in [5, 5.41) is 11.5. The van der Waals surface area contributed by atoms with Gasteiger partial charge in [0.1, 0.15) is 0 Å². The van der Waals surface area contributed by atoms with Gasteiger partial charge in [0, 0.05) is 24.8 Å². The second-order valence-electron chi connectivity index (χ2n) is 6.11. The third-order valence-electron chi connectivity index (χ3n) is 3.83. The van der Waals surface area contributed by atoms with Crippen molar-refractivity contribution in [2.75, 3.05) is 7.05 Å². The van der Waals surface area contributed by atoms with Crippen molar-refractivity contribution < 1.29 is 4.79 Å². The first-order valence-corrected chi connectivity index (χ1v) is 7.94. The molecule has 2 heterocycles. The summed E-state index contributed by atoms with van der Waals surface area (Å²) in [7, 11) is 1.78. The van der Waals surface area contributed by atoms with Gasteiger partial charge in [-0.3, -0.25) is 14.6 Å². The second kappa shape index (κ2) is 6.70. The fourth-order valence-corrected chi connectivity index (χ4v) is 2.48. The van der Waals surface area contributed by atoms with Crippen LogP contribution in [0.25, 0.3) is 11.3 Å². The van der Waals surface area contributed by atoms with Gasteiger partial charge >= 0.3 is 0 Å². The van der Waals surface area contributed by atoms with Crippen molar-refractivity contribution in [2.24, 2.45) is 0 Å². The molecule has 0 bridgehead atoms. The highest BCUT2D eigenvalue weighted by molar-refractivity contribution is 5.93. The maximum atomic E-state index is 12.5. The third kappa shape index (κ3) is 3.37. The Bertz CT molecular complexity index is 819. The number of aromatic nitrogens is 4. The minimum atomic E-state index is -0.0576. The zero-order valence-electron chi connectivity index (χ0n) is 14.1. The van der Waals surface area contributed by atoms with Crippen LogP contribution in [0.1, 0.15) is 35.9 Å². The monoisotopic (exact) mass is 323 g/mol. The molecule has 124 valence electrons. The molecule has 0 aliphatic carbocycles. The Labute approximate surface area is 141 Å².